The van der Waals surface area contributed by atoms with Gasteiger partial charge >= 0.3 is 0 Å². The zero-order valence-corrected chi connectivity index (χ0v) is 12.4. The first-order chi connectivity index (χ1) is 9.10. The number of nitrogens with zero attached hydrogens (tertiary/aromatic N) is 2. The van der Waals surface area contributed by atoms with Crippen molar-refractivity contribution in [3.63, 3.8) is 0 Å². The predicted octanol–water partition coefficient (Wildman–Crippen LogP) is 4.20. The third-order valence-corrected chi connectivity index (χ3v) is 3.99. The maximum Gasteiger partial charge on any atom is 0.155 e. The lowest BCUT2D eigenvalue weighted by molar-refractivity contribution is 0.112. The molecular formula is C13H10Cl2N2OS. The highest BCUT2D eigenvalue weighted by atomic mass is 35.5. The summed E-state index contributed by atoms with van der Waals surface area (Å²) in [6.45, 7) is 1.74. The Morgan fingerprint density at radius 2 is 1.89 bits per heavy atom. The second kappa shape index (κ2) is 6.37. The molecular weight excluding hydrogens is 303 g/mol. The van der Waals surface area contributed by atoms with Crippen LogP contribution in [-0.4, -0.2) is 16.3 Å². The van der Waals surface area contributed by atoms with E-state index >= 15 is 0 Å². The summed E-state index contributed by atoms with van der Waals surface area (Å²) in [7, 11) is 0. The summed E-state index contributed by atoms with van der Waals surface area (Å²) < 4.78 is 0. The summed E-state index contributed by atoms with van der Waals surface area (Å²) in [5.74, 6) is 1.24. The van der Waals surface area contributed by atoms with Gasteiger partial charge in [-0.3, -0.25) is 4.79 Å². The Kier molecular flexibility index (Phi) is 4.80. The van der Waals surface area contributed by atoms with Crippen molar-refractivity contribution < 1.29 is 4.79 Å². The van der Waals surface area contributed by atoms with Crippen molar-refractivity contribution in [2.24, 2.45) is 0 Å². The molecule has 0 saturated heterocycles. The van der Waals surface area contributed by atoms with Gasteiger partial charge in [0, 0.05) is 10.8 Å². The predicted molar refractivity (Wildman–Crippen MR) is 78.2 cm³/mol. The standard InChI is InChI=1S/C13H10Cl2N2OS/c1-8-16-12(15)11(6-18)13(17-8)19-7-9-2-4-10(14)5-3-9/h2-6H,7H2,1H3. The Labute approximate surface area is 125 Å². The Bertz CT molecular complexity index is 602. The van der Waals surface area contributed by atoms with Crippen molar-refractivity contribution in [2.45, 2.75) is 17.7 Å². The average Bonchev–Trinajstić information content (AvgIpc) is 2.37. The Balaban J connectivity index is 2.19. The van der Waals surface area contributed by atoms with Gasteiger partial charge in [-0.25, -0.2) is 9.97 Å². The van der Waals surface area contributed by atoms with Gasteiger partial charge in [-0.1, -0.05) is 35.3 Å². The van der Waals surface area contributed by atoms with E-state index in [1.165, 1.54) is 11.8 Å². The van der Waals surface area contributed by atoms with Crippen LogP contribution in [0.3, 0.4) is 0 Å². The first kappa shape index (κ1) is 14.3. The van der Waals surface area contributed by atoms with Crippen molar-refractivity contribution in [1.29, 1.82) is 0 Å². The summed E-state index contributed by atoms with van der Waals surface area (Å²) in [5.41, 5.74) is 1.44. The summed E-state index contributed by atoms with van der Waals surface area (Å²) in [6.07, 6.45) is 0.686. The summed E-state index contributed by atoms with van der Waals surface area (Å²) in [4.78, 5) is 19.2. The molecule has 19 heavy (non-hydrogen) atoms. The highest BCUT2D eigenvalue weighted by Gasteiger charge is 2.11. The molecule has 6 heteroatoms. The topological polar surface area (TPSA) is 42.9 Å². The monoisotopic (exact) mass is 312 g/mol. The number of hydrogen-bond donors (Lipinski definition) is 0. The first-order valence-corrected chi connectivity index (χ1v) is 7.21. The zero-order valence-electron chi connectivity index (χ0n) is 10.1. The van der Waals surface area contributed by atoms with Gasteiger partial charge in [0.25, 0.3) is 0 Å². The number of thioether (sulfide) groups is 1. The molecule has 0 amide bonds. The molecule has 1 heterocycles. The summed E-state index contributed by atoms with van der Waals surface area (Å²) in [6, 6.07) is 7.53. The number of aromatic nitrogens is 2. The summed E-state index contributed by atoms with van der Waals surface area (Å²) >= 11 is 13.2. The fraction of sp³-hybridized carbons (Fsp3) is 0.154. The molecule has 0 aliphatic heterocycles. The Morgan fingerprint density at radius 3 is 2.53 bits per heavy atom. The van der Waals surface area contributed by atoms with E-state index in [0.29, 0.717) is 33.5 Å². The van der Waals surface area contributed by atoms with Gasteiger partial charge in [0.2, 0.25) is 0 Å². The molecule has 1 aromatic heterocycles. The minimum atomic E-state index is 0.195. The number of carbonyl (C=O) groups excluding carboxylic acids is 1. The van der Waals surface area contributed by atoms with Crippen LogP contribution in [0.4, 0.5) is 0 Å². The molecule has 0 spiro atoms. The van der Waals surface area contributed by atoms with Crippen molar-refractivity contribution >= 4 is 41.2 Å². The number of aryl methyl sites for hydroxylation is 1. The number of carbonyl (C=O) groups is 1. The van der Waals surface area contributed by atoms with Gasteiger partial charge in [0.05, 0.1) is 5.56 Å². The second-order valence-corrected chi connectivity index (χ2v) is 5.57. The van der Waals surface area contributed by atoms with Crippen LogP contribution in [0, 0.1) is 6.92 Å². The maximum absolute atomic E-state index is 11.0. The van der Waals surface area contributed by atoms with Crippen molar-refractivity contribution in [3.8, 4) is 0 Å². The fourth-order valence-corrected chi connectivity index (χ4v) is 2.90. The van der Waals surface area contributed by atoms with Crippen LogP contribution in [-0.2, 0) is 5.75 Å². The molecule has 0 radical (unpaired) electrons. The van der Waals surface area contributed by atoms with E-state index in [2.05, 4.69) is 9.97 Å². The van der Waals surface area contributed by atoms with Crippen LogP contribution in [0.15, 0.2) is 29.3 Å². The maximum atomic E-state index is 11.0. The molecule has 0 atom stereocenters. The molecule has 0 aliphatic rings. The lowest BCUT2D eigenvalue weighted by atomic mass is 10.2. The van der Waals surface area contributed by atoms with Crippen LogP contribution in [0.25, 0.3) is 0 Å². The van der Waals surface area contributed by atoms with Crippen LogP contribution in [0.5, 0.6) is 0 Å². The lowest BCUT2D eigenvalue weighted by Gasteiger charge is -2.06. The highest BCUT2D eigenvalue weighted by molar-refractivity contribution is 7.98. The van der Waals surface area contributed by atoms with Crippen LogP contribution >= 0.6 is 35.0 Å². The van der Waals surface area contributed by atoms with Gasteiger partial charge in [0.15, 0.2) is 6.29 Å². The van der Waals surface area contributed by atoms with Crippen LogP contribution in [0.2, 0.25) is 10.2 Å². The first-order valence-electron chi connectivity index (χ1n) is 5.46. The molecule has 0 fully saturated rings. The molecule has 0 saturated carbocycles. The molecule has 1 aromatic carbocycles. The highest BCUT2D eigenvalue weighted by Crippen LogP contribution is 2.27. The van der Waals surface area contributed by atoms with Gasteiger partial charge < -0.3 is 0 Å². The number of aldehydes is 1. The van der Waals surface area contributed by atoms with E-state index in [9.17, 15) is 4.79 Å². The molecule has 2 rings (SSSR count). The molecule has 98 valence electrons. The molecule has 2 aromatic rings. The van der Waals surface area contributed by atoms with Crippen LogP contribution in [0.1, 0.15) is 21.7 Å². The van der Waals surface area contributed by atoms with E-state index in [-0.39, 0.29) is 5.15 Å². The van der Waals surface area contributed by atoms with E-state index in [1.54, 1.807) is 6.92 Å². The molecule has 3 nitrogen and oxygen atoms in total. The zero-order chi connectivity index (χ0) is 13.8. The van der Waals surface area contributed by atoms with Crippen molar-refractivity contribution in [2.75, 3.05) is 0 Å². The lowest BCUT2D eigenvalue weighted by Crippen LogP contribution is -1.98. The second-order valence-electron chi connectivity index (χ2n) is 3.81. The quantitative estimate of drug-likeness (QED) is 0.482. The number of halogens is 2. The van der Waals surface area contributed by atoms with Crippen molar-refractivity contribution in [3.05, 3.63) is 51.4 Å². The van der Waals surface area contributed by atoms with Crippen molar-refractivity contribution in [1.82, 2.24) is 9.97 Å². The molecule has 0 unspecified atom stereocenters. The molecule has 0 bridgehead atoms. The van der Waals surface area contributed by atoms with Crippen LogP contribution < -0.4 is 0 Å². The van der Waals surface area contributed by atoms with E-state index in [1.807, 2.05) is 24.3 Å². The molecule has 0 N–H and O–H groups in total. The number of rotatable bonds is 4. The molecule has 0 aliphatic carbocycles. The van der Waals surface area contributed by atoms with Gasteiger partial charge in [-0.05, 0) is 24.6 Å². The third kappa shape index (κ3) is 3.69. The van der Waals surface area contributed by atoms with Gasteiger partial charge in [-0.2, -0.15) is 0 Å². The van der Waals surface area contributed by atoms with E-state index in [4.69, 9.17) is 23.2 Å². The number of benzene rings is 1. The van der Waals surface area contributed by atoms with E-state index in [0.717, 1.165) is 5.56 Å². The Morgan fingerprint density at radius 1 is 1.21 bits per heavy atom. The normalized spacial score (nSPS) is 10.5. The average molecular weight is 313 g/mol. The summed E-state index contributed by atoms with van der Waals surface area (Å²) in [5, 5.41) is 1.49. The smallest absolute Gasteiger partial charge is 0.155 e. The van der Waals surface area contributed by atoms with Gasteiger partial charge in [-0.15, -0.1) is 11.8 Å². The Hall–Kier alpha value is -1.10. The third-order valence-electron chi connectivity index (χ3n) is 2.38. The number of hydrogen-bond acceptors (Lipinski definition) is 4. The van der Waals surface area contributed by atoms with Gasteiger partial charge in [0.1, 0.15) is 16.0 Å². The largest absolute Gasteiger partial charge is 0.298 e. The minimum Gasteiger partial charge on any atom is -0.298 e. The minimum absolute atomic E-state index is 0.195. The van der Waals surface area contributed by atoms with E-state index < -0.39 is 0 Å². The fourth-order valence-electron chi connectivity index (χ4n) is 1.46. The SMILES string of the molecule is Cc1nc(Cl)c(C=O)c(SCc2ccc(Cl)cc2)n1.